The van der Waals surface area contributed by atoms with Crippen LogP contribution in [0.25, 0.3) is 0 Å². The molecule has 1 aliphatic heterocycles. The lowest BCUT2D eigenvalue weighted by atomic mass is 9.95. The van der Waals surface area contributed by atoms with Crippen LogP contribution in [0.4, 0.5) is 4.79 Å². The third-order valence-electron chi connectivity index (χ3n) is 3.59. The average molecular weight is 411 g/mol. The van der Waals surface area contributed by atoms with Gasteiger partial charge >= 0.3 is 6.09 Å². The van der Waals surface area contributed by atoms with Crippen molar-refractivity contribution in [2.45, 2.75) is 71.0 Å². The molecular formula is C16H30INO3. The number of hydrogen-bond acceptors (Lipinski definition) is 3. The fraction of sp³-hybridized carbons (Fsp3) is 0.938. The first-order valence-electron chi connectivity index (χ1n) is 8.00. The van der Waals surface area contributed by atoms with Crippen LogP contribution in [0.2, 0.25) is 0 Å². The van der Waals surface area contributed by atoms with E-state index in [9.17, 15) is 4.79 Å². The van der Waals surface area contributed by atoms with Gasteiger partial charge in [0.05, 0.1) is 12.1 Å². The molecule has 124 valence electrons. The van der Waals surface area contributed by atoms with Gasteiger partial charge in [0, 0.05) is 17.6 Å². The number of likely N-dealkylation sites (tertiary alicyclic amines) is 1. The minimum absolute atomic E-state index is 0.191. The molecule has 1 atom stereocenters. The van der Waals surface area contributed by atoms with Gasteiger partial charge in [-0.3, -0.25) is 0 Å². The minimum atomic E-state index is -0.441. The van der Waals surface area contributed by atoms with Crippen molar-refractivity contribution in [1.82, 2.24) is 4.90 Å². The zero-order valence-electron chi connectivity index (χ0n) is 13.9. The first-order valence-corrected chi connectivity index (χ1v) is 9.52. The molecule has 1 rings (SSSR count). The quantitative estimate of drug-likeness (QED) is 0.370. The molecule has 0 aromatic heterocycles. The number of unbranched alkanes of at least 4 members (excludes halogenated alkanes) is 2. The Morgan fingerprint density at radius 2 is 2.05 bits per heavy atom. The number of rotatable bonds is 6. The van der Waals surface area contributed by atoms with E-state index in [0.717, 1.165) is 36.8 Å². The molecule has 1 unspecified atom stereocenters. The van der Waals surface area contributed by atoms with E-state index >= 15 is 0 Å². The van der Waals surface area contributed by atoms with Crippen molar-refractivity contribution < 1.29 is 14.3 Å². The topological polar surface area (TPSA) is 38.8 Å². The summed E-state index contributed by atoms with van der Waals surface area (Å²) >= 11 is 2.38. The molecule has 1 heterocycles. The third kappa shape index (κ3) is 6.72. The normalized spacial score (nSPS) is 23.2. The van der Waals surface area contributed by atoms with Gasteiger partial charge in [-0.05, 0) is 40.0 Å². The molecular weight excluding hydrogens is 381 g/mol. The molecule has 0 spiro atoms. The van der Waals surface area contributed by atoms with Crippen molar-refractivity contribution in [3.63, 3.8) is 0 Å². The van der Waals surface area contributed by atoms with Gasteiger partial charge in [0.15, 0.2) is 0 Å². The van der Waals surface area contributed by atoms with E-state index in [-0.39, 0.29) is 11.7 Å². The van der Waals surface area contributed by atoms with Crippen molar-refractivity contribution in [1.29, 1.82) is 0 Å². The second kappa shape index (κ2) is 8.56. The standard InChI is InChI=1S/C16H30INO3/c1-5-6-7-11-20-16(12-17)9-8-10-18(13-16)14(19)21-15(2,3)4/h5-13H2,1-4H3. The average Bonchev–Trinajstić information content (AvgIpc) is 2.42. The number of piperidine rings is 1. The maximum absolute atomic E-state index is 12.2. The van der Waals surface area contributed by atoms with Gasteiger partial charge < -0.3 is 14.4 Å². The molecule has 0 aliphatic carbocycles. The highest BCUT2D eigenvalue weighted by Crippen LogP contribution is 2.29. The summed E-state index contributed by atoms with van der Waals surface area (Å²) in [5.74, 6) is 0. The molecule has 0 aromatic rings. The van der Waals surface area contributed by atoms with Crippen LogP contribution in [-0.2, 0) is 9.47 Å². The highest BCUT2D eigenvalue weighted by molar-refractivity contribution is 14.1. The Labute approximate surface area is 143 Å². The fourth-order valence-electron chi connectivity index (χ4n) is 2.49. The van der Waals surface area contributed by atoms with Crippen LogP contribution in [-0.4, -0.2) is 46.3 Å². The van der Waals surface area contributed by atoms with Crippen molar-refractivity contribution in [3.05, 3.63) is 0 Å². The van der Waals surface area contributed by atoms with E-state index in [1.165, 1.54) is 12.8 Å². The van der Waals surface area contributed by atoms with Gasteiger partial charge in [-0.1, -0.05) is 42.4 Å². The maximum Gasteiger partial charge on any atom is 0.410 e. The maximum atomic E-state index is 12.2. The smallest absolute Gasteiger partial charge is 0.410 e. The number of halogens is 1. The molecule has 0 aromatic carbocycles. The summed E-state index contributed by atoms with van der Waals surface area (Å²) < 4.78 is 12.6. The Morgan fingerprint density at radius 1 is 1.33 bits per heavy atom. The van der Waals surface area contributed by atoms with Gasteiger partial charge in [0.25, 0.3) is 0 Å². The van der Waals surface area contributed by atoms with Crippen molar-refractivity contribution >= 4 is 28.7 Å². The van der Waals surface area contributed by atoms with Crippen LogP contribution in [0.3, 0.4) is 0 Å². The molecule has 1 fully saturated rings. The lowest BCUT2D eigenvalue weighted by molar-refractivity contribution is -0.0758. The van der Waals surface area contributed by atoms with Crippen LogP contribution in [0.15, 0.2) is 0 Å². The summed E-state index contributed by atoms with van der Waals surface area (Å²) in [6.07, 6.45) is 5.30. The van der Waals surface area contributed by atoms with E-state index in [1.54, 1.807) is 0 Å². The minimum Gasteiger partial charge on any atom is -0.444 e. The Bertz CT molecular complexity index is 330. The van der Waals surface area contributed by atoms with Gasteiger partial charge in [-0.15, -0.1) is 0 Å². The Hall–Kier alpha value is -0.0400. The van der Waals surface area contributed by atoms with Crippen LogP contribution < -0.4 is 0 Å². The molecule has 0 saturated carbocycles. The van der Waals surface area contributed by atoms with Crippen molar-refractivity contribution in [3.8, 4) is 0 Å². The van der Waals surface area contributed by atoms with E-state index in [4.69, 9.17) is 9.47 Å². The highest BCUT2D eigenvalue weighted by atomic mass is 127. The Kier molecular flexibility index (Phi) is 7.74. The van der Waals surface area contributed by atoms with E-state index < -0.39 is 5.60 Å². The molecule has 1 amide bonds. The second-order valence-corrected chi connectivity index (χ2v) is 7.64. The predicted octanol–water partition coefficient (Wildman–Crippen LogP) is 4.40. The zero-order valence-corrected chi connectivity index (χ0v) is 16.1. The van der Waals surface area contributed by atoms with Crippen molar-refractivity contribution in [2.75, 3.05) is 24.1 Å². The summed E-state index contributed by atoms with van der Waals surface area (Å²) in [7, 11) is 0. The molecule has 21 heavy (non-hydrogen) atoms. The van der Waals surface area contributed by atoms with E-state index in [0.29, 0.717) is 6.54 Å². The molecule has 5 heteroatoms. The number of ether oxygens (including phenoxy) is 2. The highest BCUT2D eigenvalue weighted by Gasteiger charge is 2.38. The lowest BCUT2D eigenvalue weighted by Crippen LogP contribution is -2.53. The number of nitrogens with zero attached hydrogens (tertiary/aromatic N) is 1. The summed E-state index contributed by atoms with van der Waals surface area (Å²) in [4.78, 5) is 14.1. The Morgan fingerprint density at radius 3 is 2.62 bits per heavy atom. The van der Waals surface area contributed by atoms with Crippen LogP contribution >= 0.6 is 22.6 Å². The summed E-state index contributed by atoms with van der Waals surface area (Å²) in [5.41, 5.74) is -0.632. The van der Waals surface area contributed by atoms with E-state index in [1.807, 2.05) is 25.7 Å². The first-order chi connectivity index (χ1) is 9.82. The SMILES string of the molecule is CCCCCOC1(CI)CCCN(C(=O)OC(C)(C)C)C1. The van der Waals surface area contributed by atoms with Crippen molar-refractivity contribution in [2.24, 2.45) is 0 Å². The lowest BCUT2D eigenvalue weighted by Gasteiger charge is -2.42. The molecule has 0 radical (unpaired) electrons. The number of carbonyl (C=O) groups is 1. The summed E-state index contributed by atoms with van der Waals surface area (Å²) in [5, 5.41) is 0. The largest absolute Gasteiger partial charge is 0.444 e. The van der Waals surface area contributed by atoms with E-state index in [2.05, 4.69) is 29.5 Å². The molecule has 1 saturated heterocycles. The number of alkyl halides is 1. The molecule has 0 bridgehead atoms. The van der Waals surface area contributed by atoms with Gasteiger partial charge in [-0.25, -0.2) is 4.79 Å². The number of carbonyl (C=O) groups excluding carboxylic acids is 1. The van der Waals surface area contributed by atoms with Gasteiger partial charge in [0.1, 0.15) is 5.60 Å². The van der Waals surface area contributed by atoms with Gasteiger partial charge in [0.2, 0.25) is 0 Å². The third-order valence-corrected chi connectivity index (χ3v) is 4.98. The van der Waals surface area contributed by atoms with Gasteiger partial charge in [-0.2, -0.15) is 0 Å². The van der Waals surface area contributed by atoms with Crippen LogP contribution in [0.5, 0.6) is 0 Å². The second-order valence-electron chi connectivity index (χ2n) is 6.88. The monoisotopic (exact) mass is 411 g/mol. The summed E-state index contributed by atoms with van der Waals surface area (Å²) in [6.45, 7) is 10.1. The van der Waals surface area contributed by atoms with Crippen LogP contribution in [0, 0.1) is 0 Å². The predicted molar refractivity (Wildman–Crippen MR) is 94.1 cm³/mol. The van der Waals surface area contributed by atoms with Crippen LogP contribution in [0.1, 0.15) is 59.8 Å². The Balaban J connectivity index is 2.56. The molecule has 0 N–H and O–H groups in total. The molecule has 4 nitrogen and oxygen atoms in total. The first kappa shape index (κ1) is 19.0. The molecule has 1 aliphatic rings. The fourth-order valence-corrected chi connectivity index (χ4v) is 3.33. The number of hydrogen-bond donors (Lipinski definition) is 0. The summed E-state index contributed by atoms with van der Waals surface area (Å²) in [6, 6.07) is 0. The number of amides is 1. The zero-order chi connectivity index (χ0) is 15.9.